The number of hydrogen-bond donors (Lipinski definition) is 1. The molecule has 25 heavy (non-hydrogen) atoms. The second kappa shape index (κ2) is 6.91. The van der Waals surface area contributed by atoms with E-state index in [9.17, 15) is 14.9 Å². The number of aryl methyl sites for hydroxylation is 1. The highest BCUT2D eigenvalue weighted by Gasteiger charge is 2.14. The maximum Gasteiger partial charge on any atom is 0.332 e. The van der Waals surface area contributed by atoms with Gasteiger partial charge in [-0.1, -0.05) is 12.1 Å². The Bertz CT molecular complexity index is 1050. The standard InChI is InChI=1S/C17H17N5O2S/c1-21-15(11(10-18)16(23)22(2)17(21)24)19-9-5-8-14-20-12-6-3-4-7-13(12)25-14/h3-4,6-7,19H,5,8-9H2,1-2H3. The maximum atomic E-state index is 12.0. The number of thiazole rings is 1. The van der Waals surface area contributed by atoms with Crippen molar-refractivity contribution in [3.05, 3.63) is 55.7 Å². The van der Waals surface area contributed by atoms with E-state index in [1.54, 1.807) is 18.4 Å². The second-order valence-corrected chi connectivity index (χ2v) is 6.76. The molecule has 0 saturated carbocycles. The van der Waals surface area contributed by atoms with Gasteiger partial charge in [-0.2, -0.15) is 5.26 Å². The van der Waals surface area contributed by atoms with Gasteiger partial charge in [-0.3, -0.25) is 13.9 Å². The van der Waals surface area contributed by atoms with E-state index in [-0.39, 0.29) is 11.4 Å². The van der Waals surface area contributed by atoms with Crippen LogP contribution < -0.4 is 16.6 Å². The third-order valence-corrected chi connectivity index (χ3v) is 5.07. The molecule has 0 unspecified atom stereocenters. The quantitative estimate of drug-likeness (QED) is 0.702. The van der Waals surface area contributed by atoms with Crippen molar-refractivity contribution >= 4 is 27.4 Å². The Morgan fingerprint density at radius 1 is 1.24 bits per heavy atom. The van der Waals surface area contributed by atoms with Crippen molar-refractivity contribution in [1.29, 1.82) is 5.26 Å². The van der Waals surface area contributed by atoms with Crippen molar-refractivity contribution in [2.24, 2.45) is 14.1 Å². The van der Waals surface area contributed by atoms with Gasteiger partial charge in [0.05, 0.1) is 15.2 Å². The summed E-state index contributed by atoms with van der Waals surface area (Å²) >= 11 is 1.66. The van der Waals surface area contributed by atoms with Crippen molar-refractivity contribution in [3.63, 3.8) is 0 Å². The van der Waals surface area contributed by atoms with Gasteiger partial charge in [0.25, 0.3) is 5.56 Å². The highest BCUT2D eigenvalue weighted by Crippen LogP contribution is 2.22. The molecule has 1 aromatic carbocycles. The average molecular weight is 355 g/mol. The van der Waals surface area contributed by atoms with E-state index < -0.39 is 11.2 Å². The molecule has 128 valence electrons. The lowest BCUT2D eigenvalue weighted by Crippen LogP contribution is -2.40. The van der Waals surface area contributed by atoms with Crippen LogP contribution in [0, 0.1) is 11.3 Å². The van der Waals surface area contributed by atoms with Gasteiger partial charge >= 0.3 is 5.69 Å². The molecule has 8 heteroatoms. The lowest BCUT2D eigenvalue weighted by molar-refractivity contribution is 0.683. The first kappa shape index (κ1) is 16.9. The van der Waals surface area contributed by atoms with Crippen molar-refractivity contribution in [3.8, 4) is 6.07 Å². The topological polar surface area (TPSA) is 92.7 Å². The number of benzene rings is 1. The number of hydrogen-bond acceptors (Lipinski definition) is 6. The highest BCUT2D eigenvalue weighted by atomic mass is 32.1. The van der Waals surface area contributed by atoms with Crippen LogP contribution in [0.3, 0.4) is 0 Å². The molecular weight excluding hydrogens is 338 g/mol. The smallest absolute Gasteiger partial charge is 0.332 e. The normalized spacial score (nSPS) is 10.8. The number of para-hydroxylation sites is 1. The van der Waals surface area contributed by atoms with Gasteiger partial charge in [0.1, 0.15) is 11.9 Å². The molecule has 0 fully saturated rings. The predicted molar refractivity (Wildman–Crippen MR) is 98.1 cm³/mol. The minimum absolute atomic E-state index is 0.0513. The molecule has 1 N–H and O–H groups in total. The molecule has 0 aliphatic carbocycles. The fourth-order valence-corrected chi connectivity index (χ4v) is 3.63. The van der Waals surface area contributed by atoms with Crippen LogP contribution in [0.15, 0.2) is 33.9 Å². The van der Waals surface area contributed by atoms with Crippen LogP contribution in [-0.2, 0) is 20.5 Å². The van der Waals surface area contributed by atoms with Crippen LogP contribution in [0.2, 0.25) is 0 Å². The Labute approximate surface area is 147 Å². The molecule has 2 aromatic heterocycles. The zero-order chi connectivity index (χ0) is 18.0. The summed E-state index contributed by atoms with van der Waals surface area (Å²) in [4.78, 5) is 28.6. The predicted octanol–water partition coefficient (Wildman–Crippen LogP) is 1.61. The summed E-state index contributed by atoms with van der Waals surface area (Å²) in [6.07, 6.45) is 1.56. The molecule has 3 rings (SSSR count). The van der Waals surface area contributed by atoms with Crippen LogP contribution in [0.1, 0.15) is 17.0 Å². The van der Waals surface area contributed by atoms with Gasteiger partial charge in [-0.25, -0.2) is 9.78 Å². The molecule has 0 atom stereocenters. The first-order valence-corrected chi connectivity index (χ1v) is 8.63. The fourth-order valence-electron chi connectivity index (χ4n) is 2.63. The highest BCUT2D eigenvalue weighted by molar-refractivity contribution is 7.18. The summed E-state index contributed by atoms with van der Waals surface area (Å²) in [5.74, 6) is 0.264. The van der Waals surface area contributed by atoms with E-state index in [0.717, 1.165) is 32.6 Å². The monoisotopic (exact) mass is 355 g/mol. The van der Waals surface area contributed by atoms with E-state index in [2.05, 4.69) is 10.3 Å². The van der Waals surface area contributed by atoms with Gasteiger partial charge in [0.2, 0.25) is 0 Å². The summed E-state index contributed by atoms with van der Waals surface area (Å²) < 4.78 is 3.38. The summed E-state index contributed by atoms with van der Waals surface area (Å²) in [6, 6.07) is 9.87. The molecule has 7 nitrogen and oxygen atoms in total. The number of fused-ring (bicyclic) bond motifs is 1. The van der Waals surface area contributed by atoms with Crippen LogP contribution in [0.25, 0.3) is 10.2 Å². The van der Waals surface area contributed by atoms with Crippen LogP contribution in [-0.4, -0.2) is 20.7 Å². The minimum Gasteiger partial charge on any atom is -0.370 e. The first-order chi connectivity index (χ1) is 12.0. The summed E-state index contributed by atoms with van der Waals surface area (Å²) in [7, 11) is 2.90. The Morgan fingerprint density at radius 3 is 2.72 bits per heavy atom. The largest absolute Gasteiger partial charge is 0.370 e. The van der Waals surface area contributed by atoms with Gasteiger partial charge in [-0.15, -0.1) is 11.3 Å². The van der Waals surface area contributed by atoms with Gasteiger partial charge < -0.3 is 5.32 Å². The number of nitrogens with zero attached hydrogens (tertiary/aromatic N) is 4. The van der Waals surface area contributed by atoms with Crippen molar-refractivity contribution in [2.75, 3.05) is 11.9 Å². The minimum atomic E-state index is -0.584. The van der Waals surface area contributed by atoms with Crippen LogP contribution in [0.4, 0.5) is 5.82 Å². The molecule has 0 saturated heterocycles. The Morgan fingerprint density at radius 2 is 2.00 bits per heavy atom. The Hall–Kier alpha value is -2.92. The molecule has 0 spiro atoms. The second-order valence-electron chi connectivity index (χ2n) is 5.65. The van der Waals surface area contributed by atoms with Gasteiger partial charge in [0.15, 0.2) is 5.56 Å². The van der Waals surface area contributed by atoms with E-state index in [4.69, 9.17) is 0 Å². The molecule has 0 bridgehead atoms. The Balaban J connectivity index is 1.71. The zero-order valence-corrected chi connectivity index (χ0v) is 14.8. The van der Waals surface area contributed by atoms with Crippen molar-refractivity contribution in [1.82, 2.24) is 14.1 Å². The summed E-state index contributed by atoms with van der Waals surface area (Å²) in [5.41, 5.74) is -0.0993. The number of rotatable bonds is 5. The van der Waals surface area contributed by atoms with E-state index in [1.807, 2.05) is 30.3 Å². The van der Waals surface area contributed by atoms with Crippen molar-refractivity contribution in [2.45, 2.75) is 12.8 Å². The molecule has 0 amide bonds. The summed E-state index contributed by atoms with van der Waals surface area (Å²) in [5, 5.41) is 13.3. The maximum absolute atomic E-state index is 12.0. The molecule has 2 heterocycles. The van der Waals surface area contributed by atoms with E-state index in [1.165, 1.54) is 11.6 Å². The number of nitrogens with one attached hydrogen (secondary N) is 1. The Kier molecular flexibility index (Phi) is 4.67. The number of anilines is 1. The van der Waals surface area contributed by atoms with Crippen LogP contribution >= 0.6 is 11.3 Å². The molecule has 0 aliphatic heterocycles. The third kappa shape index (κ3) is 3.19. The fraction of sp³-hybridized carbons (Fsp3) is 0.294. The zero-order valence-electron chi connectivity index (χ0n) is 13.9. The molecular formula is C17H17N5O2S. The summed E-state index contributed by atoms with van der Waals surface area (Å²) in [6.45, 7) is 0.533. The molecule has 0 radical (unpaired) electrons. The lowest BCUT2D eigenvalue weighted by Gasteiger charge is -2.13. The SMILES string of the molecule is Cn1c(NCCCc2nc3ccccc3s2)c(C#N)c(=O)n(C)c1=O. The number of aromatic nitrogens is 3. The third-order valence-electron chi connectivity index (χ3n) is 3.97. The average Bonchev–Trinajstić information content (AvgIpc) is 3.03. The van der Waals surface area contributed by atoms with Gasteiger partial charge in [-0.05, 0) is 18.6 Å². The molecule has 3 aromatic rings. The van der Waals surface area contributed by atoms with Crippen LogP contribution in [0.5, 0.6) is 0 Å². The van der Waals surface area contributed by atoms with Gasteiger partial charge in [0, 0.05) is 27.1 Å². The van der Waals surface area contributed by atoms with E-state index in [0.29, 0.717) is 6.54 Å². The molecule has 0 aliphatic rings. The number of nitriles is 1. The lowest BCUT2D eigenvalue weighted by atomic mass is 10.3. The van der Waals surface area contributed by atoms with E-state index >= 15 is 0 Å². The van der Waals surface area contributed by atoms with Crippen molar-refractivity contribution < 1.29 is 0 Å². The first-order valence-electron chi connectivity index (χ1n) is 7.81.